The molecule has 0 saturated heterocycles. The Morgan fingerprint density at radius 1 is 0.895 bits per heavy atom. The minimum absolute atomic E-state index is 0.505. The molecular formula is C13H22N2O4. The average Bonchev–Trinajstić information content (AvgIpc) is 2.46. The quantitative estimate of drug-likeness (QED) is 0.556. The summed E-state index contributed by atoms with van der Waals surface area (Å²) in [5, 5.41) is 0. The van der Waals surface area contributed by atoms with E-state index >= 15 is 0 Å². The molecule has 0 unspecified atom stereocenters. The molecule has 0 saturated carbocycles. The van der Waals surface area contributed by atoms with E-state index in [0.717, 1.165) is 5.75 Å². The van der Waals surface area contributed by atoms with E-state index in [1.165, 1.54) is 0 Å². The summed E-state index contributed by atoms with van der Waals surface area (Å²) >= 11 is 0. The predicted octanol–water partition coefficient (Wildman–Crippen LogP) is 0.469. The van der Waals surface area contributed by atoms with Crippen LogP contribution in [0, 0.1) is 0 Å². The van der Waals surface area contributed by atoms with Crippen molar-refractivity contribution in [2.75, 3.05) is 52.8 Å². The van der Waals surface area contributed by atoms with E-state index in [1.807, 2.05) is 12.1 Å². The summed E-state index contributed by atoms with van der Waals surface area (Å²) < 4.78 is 21.2. The molecule has 0 amide bonds. The van der Waals surface area contributed by atoms with Gasteiger partial charge in [-0.3, -0.25) is 4.98 Å². The Kier molecular flexibility index (Phi) is 9.89. The topological polar surface area (TPSA) is 75.8 Å². The van der Waals surface area contributed by atoms with Crippen molar-refractivity contribution in [2.24, 2.45) is 5.73 Å². The van der Waals surface area contributed by atoms with Crippen LogP contribution in [0.4, 0.5) is 0 Å². The maximum absolute atomic E-state index is 5.42. The van der Waals surface area contributed by atoms with Crippen LogP contribution in [0.3, 0.4) is 0 Å². The molecule has 2 N–H and O–H groups in total. The van der Waals surface area contributed by atoms with Gasteiger partial charge < -0.3 is 24.7 Å². The van der Waals surface area contributed by atoms with Gasteiger partial charge >= 0.3 is 0 Å². The van der Waals surface area contributed by atoms with E-state index in [4.69, 9.17) is 24.7 Å². The Balaban J connectivity index is 1.79. The summed E-state index contributed by atoms with van der Waals surface area (Å²) in [7, 11) is 0. The third-order valence-corrected chi connectivity index (χ3v) is 2.14. The summed E-state index contributed by atoms with van der Waals surface area (Å²) in [6, 6.07) is 3.69. The maximum atomic E-state index is 5.42. The smallest absolute Gasteiger partial charge is 0.137 e. The number of nitrogens with two attached hydrogens (primary N) is 1. The Bertz CT molecular complexity index is 298. The number of pyridine rings is 1. The van der Waals surface area contributed by atoms with Gasteiger partial charge in [-0.15, -0.1) is 0 Å². The third kappa shape index (κ3) is 9.38. The van der Waals surface area contributed by atoms with Gasteiger partial charge in [0, 0.05) is 12.7 Å². The molecular weight excluding hydrogens is 248 g/mol. The lowest BCUT2D eigenvalue weighted by atomic mass is 10.5. The van der Waals surface area contributed by atoms with Crippen molar-refractivity contribution in [3.63, 3.8) is 0 Å². The van der Waals surface area contributed by atoms with Gasteiger partial charge in [-0.25, -0.2) is 0 Å². The molecule has 1 aromatic rings. The largest absolute Gasteiger partial charge is 0.490 e. The molecule has 19 heavy (non-hydrogen) atoms. The van der Waals surface area contributed by atoms with Crippen molar-refractivity contribution < 1.29 is 18.9 Å². The zero-order valence-electron chi connectivity index (χ0n) is 11.1. The Morgan fingerprint density at radius 3 is 2.11 bits per heavy atom. The third-order valence-electron chi connectivity index (χ3n) is 2.14. The van der Waals surface area contributed by atoms with Gasteiger partial charge in [0.1, 0.15) is 12.4 Å². The van der Waals surface area contributed by atoms with Gasteiger partial charge in [0.25, 0.3) is 0 Å². The minimum Gasteiger partial charge on any atom is -0.490 e. The van der Waals surface area contributed by atoms with E-state index in [9.17, 15) is 0 Å². The molecule has 1 aromatic heterocycles. The fourth-order valence-electron chi connectivity index (χ4n) is 1.28. The first-order valence-corrected chi connectivity index (χ1v) is 6.39. The van der Waals surface area contributed by atoms with E-state index < -0.39 is 0 Å². The average molecular weight is 270 g/mol. The molecule has 0 radical (unpaired) electrons. The lowest BCUT2D eigenvalue weighted by Crippen LogP contribution is -2.14. The number of ether oxygens (including phenoxy) is 4. The molecule has 0 spiro atoms. The van der Waals surface area contributed by atoms with Gasteiger partial charge in [0.05, 0.1) is 45.8 Å². The number of nitrogens with zero attached hydrogens (tertiary/aromatic N) is 1. The van der Waals surface area contributed by atoms with Crippen LogP contribution < -0.4 is 10.5 Å². The fraction of sp³-hybridized carbons (Fsp3) is 0.615. The van der Waals surface area contributed by atoms with Crippen molar-refractivity contribution in [1.82, 2.24) is 4.98 Å². The van der Waals surface area contributed by atoms with Crippen molar-refractivity contribution in [1.29, 1.82) is 0 Å². The van der Waals surface area contributed by atoms with E-state index in [0.29, 0.717) is 52.8 Å². The lowest BCUT2D eigenvalue weighted by molar-refractivity contribution is 0.0105. The molecule has 0 aromatic carbocycles. The first-order valence-electron chi connectivity index (χ1n) is 6.39. The van der Waals surface area contributed by atoms with Gasteiger partial charge in [-0.05, 0) is 12.1 Å². The van der Waals surface area contributed by atoms with Crippen molar-refractivity contribution in [3.05, 3.63) is 24.5 Å². The molecule has 0 bridgehead atoms. The van der Waals surface area contributed by atoms with Gasteiger partial charge in [0.15, 0.2) is 0 Å². The van der Waals surface area contributed by atoms with Crippen LogP contribution in [0.25, 0.3) is 0 Å². The molecule has 6 heteroatoms. The monoisotopic (exact) mass is 270 g/mol. The SMILES string of the molecule is NCCOCCOCCOCCOc1cccnc1. The highest BCUT2D eigenvalue weighted by molar-refractivity contribution is 5.15. The summed E-state index contributed by atoms with van der Waals surface area (Å²) in [6.07, 6.45) is 3.38. The fourth-order valence-corrected chi connectivity index (χ4v) is 1.28. The Labute approximate surface area is 113 Å². The molecule has 108 valence electrons. The molecule has 0 aliphatic heterocycles. The molecule has 0 aliphatic carbocycles. The number of hydrogen-bond donors (Lipinski definition) is 1. The second kappa shape index (κ2) is 11.9. The van der Waals surface area contributed by atoms with Crippen LogP contribution in [-0.4, -0.2) is 57.8 Å². The van der Waals surface area contributed by atoms with Crippen LogP contribution >= 0.6 is 0 Å². The van der Waals surface area contributed by atoms with Crippen LogP contribution in [0.2, 0.25) is 0 Å². The van der Waals surface area contributed by atoms with Gasteiger partial charge in [-0.2, -0.15) is 0 Å². The van der Waals surface area contributed by atoms with E-state index in [-0.39, 0.29) is 0 Å². The van der Waals surface area contributed by atoms with Crippen molar-refractivity contribution in [2.45, 2.75) is 0 Å². The van der Waals surface area contributed by atoms with E-state index in [1.54, 1.807) is 12.4 Å². The molecule has 0 aliphatic rings. The summed E-state index contributed by atoms with van der Waals surface area (Å²) in [6.45, 7) is 4.39. The van der Waals surface area contributed by atoms with Crippen LogP contribution in [0.5, 0.6) is 5.75 Å². The Morgan fingerprint density at radius 2 is 1.53 bits per heavy atom. The van der Waals surface area contributed by atoms with Crippen LogP contribution in [0.1, 0.15) is 0 Å². The summed E-state index contributed by atoms with van der Waals surface area (Å²) in [5.74, 6) is 0.749. The predicted molar refractivity (Wildman–Crippen MR) is 71.2 cm³/mol. The second-order valence-corrected chi connectivity index (χ2v) is 3.66. The van der Waals surface area contributed by atoms with Crippen LogP contribution in [0.15, 0.2) is 24.5 Å². The normalized spacial score (nSPS) is 10.6. The standard InChI is InChI=1S/C13H22N2O4/c14-3-5-16-6-7-17-8-9-18-10-11-19-13-2-1-4-15-12-13/h1-2,4,12H,3,5-11,14H2. The molecule has 0 fully saturated rings. The lowest BCUT2D eigenvalue weighted by Gasteiger charge is -2.07. The van der Waals surface area contributed by atoms with Crippen LogP contribution in [-0.2, 0) is 14.2 Å². The highest BCUT2D eigenvalue weighted by atomic mass is 16.6. The molecule has 1 rings (SSSR count). The number of rotatable bonds is 12. The second-order valence-electron chi connectivity index (χ2n) is 3.66. The zero-order chi connectivity index (χ0) is 13.6. The van der Waals surface area contributed by atoms with Gasteiger partial charge in [0.2, 0.25) is 0 Å². The summed E-state index contributed by atoms with van der Waals surface area (Å²) in [5.41, 5.74) is 5.28. The highest BCUT2D eigenvalue weighted by Crippen LogP contribution is 2.05. The first-order chi connectivity index (χ1) is 9.43. The van der Waals surface area contributed by atoms with E-state index in [2.05, 4.69) is 4.98 Å². The first kappa shape index (κ1) is 15.8. The van der Waals surface area contributed by atoms with Gasteiger partial charge in [-0.1, -0.05) is 0 Å². The molecule has 1 heterocycles. The Hall–Kier alpha value is -1.21. The zero-order valence-corrected chi connectivity index (χ0v) is 11.1. The van der Waals surface area contributed by atoms with Crippen molar-refractivity contribution in [3.8, 4) is 5.75 Å². The highest BCUT2D eigenvalue weighted by Gasteiger charge is 1.93. The minimum atomic E-state index is 0.505. The molecule has 6 nitrogen and oxygen atoms in total. The maximum Gasteiger partial charge on any atom is 0.137 e. The number of aromatic nitrogens is 1. The number of hydrogen-bond acceptors (Lipinski definition) is 6. The summed E-state index contributed by atoms with van der Waals surface area (Å²) in [4.78, 5) is 3.95. The van der Waals surface area contributed by atoms with Crippen molar-refractivity contribution >= 4 is 0 Å². The molecule has 0 atom stereocenters.